The number of carbonyl (C=O) groups is 2. The maximum absolute atomic E-state index is 12.7. The average molecular weight is 498 g/mol. The van der Waals surface area contributed by atoms with Crippen molar-refractivity contribution < 1.29 is 14.3 Å². The first-order chi connectivity index (χ1) is 15.0. The van der Waals surface area contributed by atoms with Crippen molar-refractivity contribution in [1.29, 1.82) is 0 Å². The number of benzene rings is 3. The maximum Gasteiger partial charge on any atom is 0.329 e. The highest BCUT2D eigenvalue weighted by molar-refractivity contribution is 9.10. The van der Waals surface area contributed by atoms with E-state index in [0.29, 0.717) is 17.4 Å². The van der Waals surface area contributed by atoms with Crippen LogP contribution in [0.3, 0.4) is 0 Å². The number of amides is 3. The summed E-state index contributed by atoms with van der Waals surface area (Å²) >= 11 is 9.41. The second-order valence-corrected chi connectivity index (χ2v) is 8.26. The number of urea groups is 1. The van der Waals surface area contributed by atoms with Crippen molar-refractivity contribution >= 4 is 45.5 Å². The van der Waals surface area contributed by atoms with Gasteiger partial charge >= 0.3 is 6.03 Å². The van der Waals surface area contributed by atoms with Crippen LogP contribution in [-0.4, -0.2) is 16.8 Å². The Morgan fingerprint density at radius 3 is 2.42 bits per heavy atom. The molecule has 31 heavy (non-hydrogen) atoms. The molecule has 3 aromatic rings. The van der Waals surface area contributed by atoms with Crippen molar-refractivity contribution in [2.45, 2.75) is 13.2 Å². The molecule has 0 aliphatic carbocycles. The Balaban J connectivity index is 1.44. The largest absolute Gasteiger partial charge is 0.488 e. The summed E-state index contributed by atoms with van der Waals surface area (Å²) in [7, 11) is 0. The number of nitrogens with zero attached hydrogens (tertiary/aromatic N) is 1. The molecule has 1 aliphatic heterocycles. The third-order valence-corrected chi connectivity index (χ3v) is 5.59. The Kier molecular flexibility index (Phi) is 6.39. The fraction of sp³-hybridized carbons (Fsp3) is 0.0833. The first-order valence-electron chi connectivity index (χ1n) is 9.55. The molecule has 3 aromatic carbocycles. The van der Waals surface area contributed by atoms with E-state index in [9.17, 15) is 9.59 Å². The molecule has 0 saturated carbocycles. The van der Waals surface area contributed by atoms with Crippen LogP contribution in [0.4, 0.5) is 4.79 Å². The van der Waals surface area contributed by atoms with Crippen LogP contribution >= 0.6 is 27.5 Å². The molecule has 1 heterocycles. The number of imide groups is 1. The zero-order chi connectivity index (χ0) is 21.8. The standard InChI is InChI=1S/C24H18BrClN2O3/c25-20-12-18(8-11-22(20)31-15-17-6-9-19(26)10-7-17)13-21-23(29)28(24(30)27-21)14-16-4-2-1-3-5-16/h1-13H,14-15H2,(H,27,30)/b21-13+. The molecule has 4 rings (SSSR count). The van der Waals surface area contributed by atoms with E-state index in [0.717, 1.165) is 21.2 Å². The highest BCUT2D eigenvalue weighted by atomic mass is 79.9. The smallest absolute Gasteiger partial charge is 0.329 e. The summed E-state index contributed by atoms with van der Waals surface area (Å²) in [5, 5.41) is 3.33. The van der Waals surface area contributed by atoms with Crippen LogP contribution in [-0.2, 0) is 17.9 Å². The Morgan fingerprint density at radius 2 is 1.71 bits per heavy atom. The van der Waals surface area contributed by atoms with Gasteiger partial charge in [0.1, 0.15) is 18.1 Å². The summed E-state index contributed by atoms with van der Waals surface area (Å²) in [6.07, 6.45) is 1.65. The molecule has 1 N–H and O–H groups in total. The van der Waals surface area contributed by atoms with Gasteiger partial charge in [0.15, 0.2) is 0 Å². The van der Waals surface area contributed by atoms with E-state index in [4.69, 9.17) is 16.3 Å². The Morgan fingerprint density at radius 1 is 0.968 bits per heavy atom. The van der Waals surface area contributed by atoms with Gasteiger partial charge in [0.2, 0.25) is 0 Å². The first-order valence-corrected chi connectivity index (χ1v) is 10.7. The van der Waals surface area contributed by atoms with Crippen LogP contribution in [0, 0.1) is 0 Å². The Hall–Kier alpha value is -3.09. The lowest BCUT2D eigenvalue weighted by Crippen LogP contribution is -2.30. The molecule has 0 radical (unpaired) electrons. The van der Waals surface area contributed by atoms with Gasteiger partial charge in [-0.15, -0.1) is 0 Å². The summed E-state index contributed by atoms with van der Waals surface area (Å²) in [5.41, 5.74) is 2.89. The number of nitrogens with one attached hydrogen (secondary N) is 1. The molecule has 1 saturated heterocycles. The van der Waals surface area contributed by atoms with E-state index in [-0.39, 0.29) is 18.1 Å². The molecule has 0 bridgehead atoms. The zero-order valence-corrected chi connectivity index (χ0v) is 18.7. The van der Waals surface area contributed by atoms with Gasteiger partial charge in [-0.05, 0) is 63.0 Å². The molecular formula is C24H18BrClN2O3. The van der Waals surface area contributed by atoms with Gasteiger partial charge in [0.25, 0.3) is 5.91 Å². The average Bonchev–Trinajstić information content (AvgIpc) is 3.02. The van der Waals surface area contributed by atoms with Gasteiger partial charge in [0, 0.05) is 5.02 Å². The molecule has 0 aromatic heterocycles. The van der Waals surface area contributed by atoms with Crippen LogP contribution < -0.4 is 10.1 Å². The summed E-state index contributed by atoms with van der Waals surface area (Å²) in [5.74, 6) is 0.317. The lowest BCUT2D eigenvalue weighted by atomic mass is 10.1. The van der Waals surface area contributed by atoms with Gasteiger partial charge in [-0.1, -0.05) is 60.1 Å². The number of hydrogen-bond donors (Lipinski definition) is 1. The van der Waals surface area contributed by atoms with Crippen molar-refractivity contribution in [2.75, 3.05) is 0 Å². The van der Waals surface area contributed by atoms with Gasteiger partial charge in [-0.3, -0.25) is 9.69 Å². The minimum absolute atomic E-state index is 0.226. The predicted molar refractivity (Wildman–Crippen MR) is 123 cm³/mol. The summed E-state index contributed by atoms with van der Waals surface area (Å²) in [6.45, 7) is 0.628. The number of halogens is 2. The van der Waals surface area contributed by atoms with E-state index in [1.807, 2.05) is 72.8 Å². The second-order valence-electron chi connectivity index (χ2n) is 6.97. The minimum atomic E-state index is -0.429. The molecule has 1 fully saturated rings. The van der Waals surface area contributed by atoms with E-state index in [2.05, 4.69) is 21.2 Å². The molecule has 1 aliphatic rings. The monoisotopic (exact) mass is 496 g/mol. The summed E-state index contributed by atoms with van der Waals surface area (Å²) in [4.78, 5) is 26.1. The topological polar surface area (TPSA) is 58.6 Å². The van der Waals surface area contributed by atoms with E-state index >= 15 is 0 Å². The molecule has 0 unspecified atom stereocenters. The third kappa shape index (κ3) is 5.16. The maximum atomic E-state index is 12.7. The predicted octanol–water partition coefficient (Wildman–Crippen LogP) is 5.77. The third-order valence-electron chi connectivity index (χ3n) is 4.72. The van der Waals surface area contributed by atoms with Crippen LogP contribution in [0.5, 0.6) is 5.75 Å². The van der Waals surface area contributed by atoms with Crippen molar-refractivity contribution in [1.82, 2.24) is 10.2 Å². The lowest BCUT2D eigenvalue weighted by Gasteiger charge is -2.11. The first kappa shape index (κ1) is 21.2. The summed E-state index contributed by atoms with van der Waals surface area (Å²) < 4.78 is 6.60. The fourth-order valence-corrected chi connectivity index (χ4v) is 3.75. The molecule has 3 amide bonds. The van der Waals surface area contributed by atoms with Gasteiger partial charge < -0.3 is 10.1 Å². The van der Waals surface area contributed by atoms with Crippen molar-refractivity contribution in [2.24, 2.45) is 0 Å². The Bertz CT molecular complexity index is 1150. The van der Waals surface area contributed by atoms with Crippen molar-refractivity contribution in [3.63, 3.8) is 0 Å². The number of hydrogen-bond acceptors (Lipinski definition) is 3. The highest BCUT2D eigenvalue weighted by Crippen LogP contribution is 2.28. The molecule has 0 spiro atoms. The van der Waals surface area contributed by atoms with Gasteiger partial charge in [-0.25, -0.2) is 4.79 Å². The summed E-state index contributed by atoms with van der Waals surface area (Å²) in [6, 6.07) is 21.9. The second kappa shape index (κ2) is 9.37. The quantitative estimate of drug-likeness (QED) is 0.347. The Labute approximate surface area is 193 Å². The van der Waals surface area contributed by atoms with E-state index in [1.54, 1.807) is 6.08 Å². The molecule has 156 valence electrons. The van der Waals surface area contributed by atoms with Crippen LogP contribution in [0.25, 0.3) is 6.08 Å². The molecular weight excluding hydrogens is 480 g/mol. The number of rotatable bonds is 6. The van der Waals surface area contributed by atoms with Crippen LogP contribution in [0.15, 0.2) is 83.0 Å². The number of ether oxygens (including phenoxy) is 1. The van der Waals surface area contributed by atoms with Crippen molar-refractivity contribution in [3.05, 3.63) is 105 Å². The fourth-order valence-electron chi connectivity index (χ4n) is 3.11. The van der Waals surface area contributed by atoms with Crippen LogP contribution in [0.1, 0.15) is 16.7 Å². The molecule has 0 atom stereocenters. The van der Waals surface area contributed by atoms with E-state index < -0.39 is 6.03 Å². The highest BCUT2D eigenvalue weighted by Gasteiger charge is 2.33. The van der Waals surface area contributed by atoms with Gasteiger partial charge in [-0.2, -0.15) is 0 Å². The normalized spacial score (nSPS) is 14.8. The van der Waals surface area contributed by atoms with E-state index in [1.165, 1.54) is 4.90 Å². The van der Waals surface area contributed by atoms with Crippen molar-refractivity contribution in [3.8, 4) is 5.75 Å². The molecule has 5 nitrogen and oxygen atoms in total. The lowest BCUT2D eigenvalue weighted by molar-refractivity contribution is -0.123. The van der Waals surface area contributed by atoms with Gasteiger partial charge in [0.05, 0.1) is 11.0 Å². The minimum Gasteiger partial charge on any atom is -0.488 e. The number of carbonyl (C=O) groups excluding carboxylic acids is 2. The van der Waals surface area contributed by atoms with Crippen LogP contribution in [0.2, 0.25) is 5.02 Å². The zero-order valence-electron chi connectivity index (χ0n) is 16.3. The molecule has 7 heteroatoms. The SMILES string of the molecule is O=C1N/C(=C/c2ccc(OCc3ccc(Cl)cc3)c(Br)c2)C(=O)N1Cc1ccccc1.